The van der Waals surface area contributed by atoms with Crippen molar-refractivity contribution in [1.82, 2.24) is 0 Å². The van der Waals surface area contributed by atoms with Crippen LogP contribution >= 0.6 is 0 Å². The summed E-state index contributed by atoms with van der Waals surface area (Å²) in [5.41, 5.74) is 1.71. The molecule has 0 N–H and O–H groups in total. The summed E-state index contributed by atoms with van der Waals surface area (Å²) in [6.07, 6.45) is -0.0866. The first-order valence-corrected chi connectivity index (χ1v) is 8.82. The molecule has 0 bridgehead atoms. The van der Waals surface area contributed by atoms with Gasteiger partial charge in [0.1, 0.15) is 12.1 Å². The Morgan fingerprint density at radius 2 is 1.58 bits per heavy atom. The Labute approximate surface area is 155 Å². The molecular formula is C21H29NO4. The van der Waals surface area contributed by atoms with Crippen molar-refractivity contribution in [3.63, 3.8) is 0 Å². The van der Waals surface area contributed by atoms with Gasteiger partial charge < -0.3 is 4.74 Å². The molecule has 0 aliphatic carbocycles. The summed E-state index contributed by atoms with van der Waals surface area (Å²) in [7, 11) is 0. The SMILES string of the molecule is C=C1CC(=O)O[C@H](C)[C@H](C)C(=C)C(=C)C(=O)[C@H](C)C[C@H](C)[C@H](N=O)C1=C. The average Bonchev–Trinajstić information content (AvgIpc) is 2.58. The number of allylic oxidation sites excluding steroid dienone is 1. The monoisotopic (exact) mass is 359 g/mol. The summed E-state index contributed by atoms with van der Waals surface area (Å²) in [4.78, 5) is 36.3. The summed E-state index contributed by atoms with van der Waals surface area (Å²) < 4.78 is 5.44. The molecule has 1 rings (SSSR count). The topological polar surface area (TPSA) is 72.8 Å². The van der Waals surface area contributed by atoms with Crippen molar-refractivity contribution >= 4 is 11.8 Å². The van der Waals surface area contributed by atoms with Crippen molar-refractivity contribution in [2.45, 2.75) is 52.7 Å². The van der Waals surface area contributed by atoms with Crippen LogP contribution in [-0.2, 0) is 14.3 Å². The van der Waals surface area contributed by atoms with E-state index in [0.29, 0.717) is 28.7 Å². The molecule has 0 aromatic heterocycles. The lowest BCUT2D eigenvalue weighted by molar-refractivity contribution is -0.148. The summed E-state index contributed by atoms with van der Waals surface area (Å²) >= 11 is 0. The molecule has 0 aromatic rings. The standard InChI is InChI=1S/C21H29NO4/c1-11-10-19(23)26-18(8)16(6)15(5)17(7)21(24)13(3)9-12(2)20(22-25)14(11)4/h12-13,16,18,20H,1,4-5,7,9-10H2,2-3,6,8H3/t12-,13+,16+,18+,20-/m0/s1. The van der Waals surface area contributed by atoms with E-state index in [9.17, 15) is 14.5 Å². The van der Waals surface area contributed by atoms with Crippen molar-refractivity contribution in [2.24, 2.45) is 22.9 Å². The molecule has 1 saturated heterocycles. The van der Waals surface area contributed by atoms with E-state index in [1.807, 2.05) is 13.8 Å². The van der Waals surface area contributed by atoms with Crippen LogP contribution in [0.25, 0.3) is 0 Å². The Balaban J connectivity index is 3.24. The number of hydrogen-bond acceptors (Lipinski definition) is 5. The minimum Gasteiger partial charge on any atom is -0.462 e. The molecule has 5 nitrogen and oxygen atoms in total. The number of rotatable bonds is 1. The molecule has 5 atom stereocenters. The zero-order chi connectivity index (χ0) is 20.2. The molecule has 0 unspecified atom stereocenters. The van der Waals surface area contributed by atoms with Crippen LogP contribution in [0, 0.1) is 22.7 Å². The average molecular weight is 359 g/mol. The van der Waals surface area contributed by atoms with E-state index in [-0.39, 0.29) is 30.0 Å². The Morgan fingerprint density at radius 3 is 2.12 bits per heavy atom. The molecule has 1 fully saturated rings. The number of nitrogens with zero attached hydrogens (tertiary/aromatic N) is 1. The quantitative estimate of drug-likeness (QED) is 0.391. The lowest BCUT2D eigenvalue weighted by atomic mass is 9.80. The molecule has 1 aliphatic heterocycles. The third-order valence-electron chi connectivity index (χ3n) is 5.25. The normalized spacial score (nSPS) is 32.8. The van der Waals surface area contributed by atoms with Gasteiger partial charge in [-0.3, -0.25) is 9.59 Å². The highest BCUT2D eigenvalue weighted by atomic mass is 16.5. The summed E-state index contributed by atoms with van der Waals surface area (Å²) in [5, 5.41) is 3.16. The van der Waals surface area contributed by atoms with Gasteiger partial charge in [0, 0.05) is 17.4 Å². The smallest absolute Gasteiger partial charge is 0.310 e. The van der Waals surface area contributed by atoms with Gasteiger partial charge in [0.2, 0.25) is 0 Å². The van der Waals surface area contributed by atoms with E-state index < -0.39 is 18.1 Å². The second kappa shape index (κ2) is 8.88. The maximum atomic E-state index is 12.7. The van der Waals surface area contributed by atoms with Gasteiger partial charge in [-0.15, -0.1) is 0 Å². The molecule has 142 valence electrons. The van der Waals surface area contributed by atoms with Crippen LogP contribution in [0.1, 0.15) is 40.5 Å². The van der Waals surface area contributed by atoms with E-state index in [1.54, 1.807) is 13.8 Å². The number of nitroso groups, excluding NO2 is 1. The highest BCUT2D eigenvalue weighted by Crippen LogP contribution is 2.31. The van der Waals surface area contributed by atoms with Crippen LogP contribution < -0.4 is 0 Å². The van der Waals surface area contributed by atoms with Crippen molar-refractivity contribution in [3.8, 4) is 0 Å². The number of esters is 1. The van der Waals surface area contributed by atoms with Crippen LogP contribution in [0.5, 0.6) is 0 Å². The Kier molecular flexibility index (Phi) is 7.42. The minimum atomic E-state index is -0.749. The second-order valence-corrected chi connectivity index (χ2v) is 7.32. The predicted octanol–water partition coefficient (Wildman–Crippen LogP) is 4.55. The number of Topliss-reactive ketones (excluding diaryl/α,β-unsaturated/α-hetero) is 1. The maximum Gasteiger partial charge on any atom is 0.310 e. The first-order valence-electron chi connectivity index (χ1n) is 8.82. The Bertz CT molecular complexity index is 661. The molecule has 26 heavy (non-hydrogen) atoms. The van der Waals surface area contributed by atoms with E-state index in [0.717, 1.165) is 0 Å². The van der Waals surface area contributed by atoms with Crippen LogP contribution in [-0.4, -0.2) is 23.9 Å². The third kappa shape index (κ3) is 4.87. The molecule has 0 saturated carbocycles. The van der Waals surface area contributed by atoms with Crippen LogP contribution in [0.2, 0.25) is 0 Å². The fraction of sp³-hybridized carbons (Fsp3) is 0.524. The van der Waals surface area contributed by atoms with E-state index in [2.05, 4.69) is 31.5 Å². The van der Waals surface area contributed by atoms with Crippen LogP contribution in [0.4, 0.5) is 0 Å². The Hall–Kier alpha value is -2.30. The third-order valence-corrected chi connectivity index (χ3v) is 5.25. The fourth-order valence-corrected chi connectivity index (χ4v) is 3.17. The van der Waals surface area contributed by atoms with Crippen molar-refractivity contribution in [2.75, 3.05) is 0 Å². The van der Waals surface area contributed by atoms with Crippen LogP contribution in [0.15, 0.2) is 53.8 Å². The van der Waals surface area contributed by atoms with Gasteiger partial charge in [0.25, 0.3) is 0 Å². The molecule has 1 aliphatic rings. The molecule has 0 radical (unpaired) electrons. The van der Waals surface area contributed by atoms with Crippen molar-refractivity contribution in [1.29, 1.82) is 0 Å². The summed E-state index contributed by atoms with van der Waals surface area (Å²) in [6, 6.07) is -0.749. The lowest BCUT2D eigenvalue weighted by Crippen LogP contribution is -2.29. The number of carbonyl (C=O) groups is 2. The van der Waals surface area contributed by atoms with Gasteiger partial charge in [-0.05, 0) is 36.0 Å². The fourth-order valence-electron chi connectivity index (χ4n) is 3.17. The highest BCUT2D eigenvalue weighted by Gasteiger charge is 2.31. The highest BCUT2D eigenvalue weighted by molar-refractivity contribution is 6.00. The van der Waals surface area contributed by atoms with Gasteiger partial charge in [-0.25, -0.2) is 0 Å². The first-order chi connectivity index (χ1) is 12.0. The number of ether oxygens (including phenoxy) is 1. The van der Waals surface area contributed by atoms with E-state index in [1.165, 1.54) is 0 Å². The van der Waals surface area contributed by atoms with Gasteiger partial charge in [-0.1, -0.05) is 52.3 Å². The van der Waals surface area contributed by atoms with Crippen molar-refractivity contribution < 1.29 is 14.3 Å². The molecule has 5 heteroatoms. The number of carbonyl (C=O) groups excluding carboxylic acids is 2. The predicted molar refractivity (Wildman–Crippen MR) is 103 cm³/mol. The zero-order valence-corrected chi connectivity index (χ0v) is 16.2. The molecule has 1 heterocycles. The van der Waals surface area contributed by atoms with E-state index in [4.69, 9.17) is 4.74 Å². The second-order valence-electron chi connectivity index (χ2n) is 7.32. The number of ketones is 1. The number of hydrogen-bond donors (Lipinski definition) is 0. The van der Waals surface area contributed by atoms with Gasteiger partial charge >= 0.3 is 5.97 Å². The lowest BCUT2D eigenvalue weighted by Gasteiger charge is -2.27. The van der Waals surface area contributed by atoms with Gasteiger partial charge in [0.15, 0.2) is 5.78 Å². The van der Waals surface area contributed by atoms with Gasteiger partial charge in [0.05, 0.1) is 6.42 Å². The first kappa shape index (κ1) is 21.7. The molecular weight excluding hydrogens is 330 g/mol. The summed E-state index contributed by atoms with van der Waals surface area (Å²) in [5.74, 6) is -1.41. The van der Waals surface area contributed by atoms with Crippen LogP contribution in [0.3, 0.4) is 0 Å². The largest absolute Gasteiger partial charge is 0.462 e. The Morgan fingerprint density at radius 1 is 1.00 bits per heavy atom. The van der Waals surface area contributed by atoms with E-state index >= 15 is 0 Å². The number of cyclic esters (lactones) is 1. The molecule has 0 amide bonds. The minimum absolute atomic E-state index is 0.0590. The maximum absolute atomic E-state index is 12.7. The molecule has 0 aromatic carbocycles. The molecule has 0 spiro atoms. The zero-order valence-electron chi connectivity index (χ0n) is 16.2. The summed E-state index contributed by atoms with van der Waals surface area (Å²) in [6.45, 7) is 22.8. The van der Waals surface area contributed by atoms with Gasteiger partial charge in [-0.2, -0.15) is 4.91 Å². The van der Waals surface area contributed by atoms with Crippen molar-refractivity contribution in [3.05, 3.63) is 53.5 Å².